The number of methoxy groups -OCH3 is 1. The fraction of sp³-hybridized carbons (Fsp3) is 0.583. The Hall–Kier alpha value is -2.09. The maximum Gasteiger partial charge on any atom is 0.254 e. The van der Waals surface area contributed by atoms with E-state index >= 15 is 0 Å². The van der Waals surface area contributed by atoms with Crippen LogP contribution in [0.4, 0.5) is 5.95 Å². The number of hydrogen-bond acceptors (Lipinski definition) is 7. The van der Waals surface area contributed by atoms with Crippen LogP contribution in [-0.4, -0.2) is 58.5 Å². The van der Waals surface area contributed by atoms with Crippen LogP contribution in [0.2, 0.25) is 0 Å². The highest BCUT2D eigenvalue weighted by molar-refractivity contribution is 5.29. The van der Waals surface area contributed by atoms with E-state index in [1.165, 1.54) is 0 Å². The number of hydrogen-bond donors (Lipinski definition) is 1. The molecule has 2 aromatic heterocycles. The summed E-state index contributed by atoms with van der Waals surface area (Å²) < 4.78 is 10.2. The third-order valence-electron chi connectivity index (χ3n) is 3.37. The second kappa shape index (κ2) is 5.49. The molecule has 0 saturated carbocycles. The molecule has 1 aliphatic heterocycles. The molecule has 2 aromatic rings. The van der Waals surface area contributed by atoms with Gasteiger partial charge in [-0.15, -0.1) is 5.10 Å². The standard InChI is InChI=1S/C12H18N6O2/c1-9-13-12(15-14-9)18-5-3-17(4-6-18)8-10-7-11(19-2)16-20-10/h7H,3-6,8H2,1-2H3,(H,13,14,15). The second-order valence-electron chi connectivity index (χ2n) is 4.82. The summed E-state index contributed by atoms with van der Waals surface area (Å²) in [4.78, 5) is 8.85. The number of aryl methyl sites for hydroxylation is 1. The number of piperazine rings is 1. The summed E-state index contributed by atoms with van der Waals surface area (Å²) in [6, 6.07) is 1.82. The Kier molecular flexibility index (Phi) is 3.55. The van der Waals surface area contributed by atoms with Crippen molar-refractivity contribution >= 4 is 5.95 Å². The Balaban J connectivity index is 1.53. The fourth-order valence-corrected chi connectivity index (χ4v) is 2.26. The van der Waals surface area contributed by atoms with Gasteiger partial charge < -0.3 is 14.2 Å². The van der Waals surface area contributed by atoms with E-state index in [2.05, 4.69) is 30.1 Å². The minimum Gasteiger partial charge on any atom is -0.479 e. The average molecular weight is 278 g/mol. The van der Waals surface area contributed by atoms with Crippen LogP contribution in [0, 0.1) is 6.92 Å². The molecule has 3 heterocycles. The lowest BCUT2D eigenvalue weighted by atomic mass is 10.3. The molecule has 0 atom stereocenters. The monoisotopic (exact) mass is 278 g/mol. The molecule has 1 fully saturated rings. The van der Waals surface area contributed by atoms with Crippen molar-refractivity contribution in [3.63, 3.8) is 0 Å². The quantitative estimate of drug-likeness (QED) is 0.868. The Morgan fingerprint density at radius 2 is 2.15 bits per heavy atom. The van der Waals surface area contributed by atoms with Crippen molar-refractivity contribution in [2.24, 2.45) is 0 Å². The lowest BCUT2D eigenvalue weighted by Gasteiger charge is -2.33. The summed E-state index contributed by atoms with van der Waals surface area (Å²) in [6.45, 7) is 6.35. The zero-order chi connectivity index (χ0) is 13.9. The lowest BCUT2D eigenvalue weighted by molar-refractivity contribution is 0.217. The Morgan fingerprint density at radius 3 is 2.75 bits per heavy atom. The van der Waals surface area contributed by atoms with Crippen molar-refractivity contribution in [1.82, 2.24) is 25.2 Å². The van der Waals surface area contributed by atoms with Gasteiger partial charge in [0.25, 0.3) is 5.88 Å². The third-order valence-corrected chi connectivity index (χ3v) is 3.37. The van der Waals surface area contributed by atoms with Crippen molar-refractivity contribution in [3.8, 4) is 5.88 Å². The molecule has 0 bridgehead atoms. The maximum atomic E-state index is 5.21. The zero-order valence-corrected chi connectivity index (χ0v) is 11.7. The molecule has 8 heteroatoms. The molecular formula is C12H18N6O2. The number of anilines is 1. The van der Waals surface area contributed by atoms with Crippen LogP contribution in [-0.2, 0) is 6.54 Å². The van der Waals surface area contributed by atoms with Crippen LogP contribution in [0.5, 0.6) is 5.88 Å². The van der Waals surface area contributed by atoms with Crippen LogP contribution in [0.25, 0.3) is 0 Å². The number of rotatable bonds is 4. The molecule has 0 spiro atoms. The number of aromatic nitrogens is 4. The first kappa shape index (κ1) is 12.9. The lowest BCUT2D eigenvalue weighted by Crippen LogP contribution is -2.46. The van der Waals surface area contributed by atoms with E-state index in [1.54, 1.807) is 7.11 Å². The molecule has 0 aromatic carbocycles. The normalized spacial score (nSPS) is 16.6. The van der Waals surface area contributed by atoms with Gasteiger partial charge in [-0.05, 0) is 12.1 Å². The SMILES string of the molecule is COc1cc(CN2CCN(c3n[nH]c(C)n3)CC2)on1. The second-order valence-corrected chi connectivity index (χ2v) is 4.82. The molecule has 108 valence electrons. The van der Waals surface area contributed by atoms with Crippen LogP contribution >= 0.6 is 0 Å². The average Bonchev–Trinajstić information content (AvgIpc) is 3.09. The van der Waals surface area contributed by atoms with Gasteiger partial charge in [-0.25, -0.2) is 0 Å². The van der Waals surface area contributed by atoms with Crippen LogP contribution in [0.15, 0.2) is 10.6 Å². The molecular weight excluding hydrogens is 260 g/mol. The van der Waals surface area contributed by atoms with Gasteiger partial charge >= 0.3 is 0 Å². The minimum atomic E-state index is 0.523. The number of H-pyrrole nitrogens is 1. The summed E-state index contributed by atoms with van der Waals surface area (Å²) in [5, 5.41) is 10.9. The Bertz CT molecular complexity index is 558. The number of nitrogens with one attached hydrogen (secondary N) is 1. The molecule has 0 amide bonds. The number of aromatic amines is 1. The molecule has 0 aliphatic carbocycles. The molecule has 1 saturated heterocycles. The smallest absolute Gasteiger partial charge is 0.254 e. The molecule has 3 rings (SSSR count). The predicted molar refractivity (Wildman–Crippen MR) is 71.7 cm³/mol. The van der Waals surface area contributed by atoms with Gasteiger partial charge in [-0.2, -0.15) is 4.98 Å². The molecule has 8 nitrogen and oxygen atoms in total. The van der Waals surface area contributed by atoms with Crippen molar-refractivity contribution in [1.29, 1.82) is 0 Å². The van der Waals surface area contributed by atoms with Crippen LogP contribution in [0.1, 0.15) is 11.6 Å². The van der Waals surface area contributed by atoms with Gasteiger partial charge in [0.1, 0.15) is 5.82 Å². The van der Waals surface area contributed by atoms with Gasteiger partial charge in [0.15, 0.2) is 5.76 Å². The largest absolute Gasteiger partial charge is 0.479 e. The maximum absolute atomic E-state index is 5.21. The Morgan fingerprint density at radius 1 is 1.35 bits per heavy atom. The van der Waals surface area contributed by atoms with E-state index in [0.29, 0.717) is 5.88 Å². The van der Waals surface area contributed by atoms with Gasteiger partial charge in [-0.3, -0.25) is 10.00 Å². The fourth-order valence-electron chi connectivity index (χ4n) is 2.26. The van der Waals surface area contributed by atoms with Gasteiger partial charge in [-0.1, -0.05) is 0 Å². The van der Waals surface area contributed by atoms with E-state index in [9.17, 15) is 0 Å². The molecule has 20 heavy (non-hydrogen) atoms. The predicted octanol–water partition coefficient (Wildman–Crippen LogP) is 0.432. The molecule has 1 aliphatic rings. The van der Waals surface area contributed by atoms with Crippen LogP contribution in [0.3, 0.4) is 0 Å². The van der Waals surface area contributed by atoms with Crippen molar-refractivity contribution in [2.45, 2.75) is 13.5 Å². The Labute approximate surface area is 116 Å². The van der Waals surface area contributed by atoms with E-state index in [-0.39, 0.29) is 0 Å². The van der Waals surface area contributed by atoms with E-state index < -0.39 is 0 Å². The highest BCUT2D eigenvalue weighted by atomic mass is 16.5. The van der Waals surface area contributed by atoms with Crippen LogP contribution < -0.4 is 9.64 Å². The van der Waals surface area contributed by atoms with Gasteiger partial charge in [0.2, 0.25) is 5.95 Å². The van der Waals surface area contributed by atoms with E-state index in [4.69, 9.17) is 9.26 Å². The summed E-state index contributed by atoms with van der Waals surface area (Å²) in [7, 11) is 1.58. The van der Waals surface area contributed by atoms with E-state index in [0.717, 1.165) is 50.3 Å². The first-order chi connectivity index (χ1) is 9.74. The minimum absolute atomic E-state index is 0.523. The third kappa shape index (κ3) is 2.74. The first-order valence-corrected chi connectivity index (χ1v) is 6.60. The van der Waals surface area contributed by atoms with Crippen molar-refractivity contribution in [3.05, 3.63) is 17.7 Å². The topological polar surface area (TPSA) is 83.3 Å². The molecule has 0 radical (unpaired) electrons. The van der Waals surface area contributed by atoms with Gasteiger partial charge in [0, 0.05) is 32.2 Å². The van der Waals surface area contributed by atoms with E-state index in [1.807, 2.05) is 13.0 Å². The number of ether oxygens (including phenoxy) is 1. The summed E-state index contributed by atoms with van der Waals surface area (Å²) >= 11 is 0. The highest BCUT2D eigenvalue weighted by Crippen LogP contribution is 2.15. The van der Waals surface area contributed by atoms with Crippen molar-refractivity contribution < 1.29 is 9.26 Å². The highest BCUT2D eigenvalue weighted by Gasteiger charge is 2.21. The summed E-state index contributed by atoms with van der Waals surface area (Å²) in [6.07, 6.45) is 0. The zero-order valence-electron chi connectivity index (χ0n) is 11.7. The van der Waals surface area contributed by atoms with Crippen molar-refractivity contribution in [2.75, 3.05) is 38.2 Å². The molecule has 1 N–H and O–H groups in total. The van der Waals surface area contributed by atoms with Gasteiger partial charge in [0.05, 0.1) is 13.7 Å². The summed E-state index contributed by atoms with van der Waals surface area (Å²) in [5.74, 6) is 2.97. The summed E-state index contributed by atoms with van der Waals surface area (Å²) in [5.41, 5.74) is 0. The molecule has 0 unspecified atom stereocenters. The number of nitrogens with zero attached hydrogens (tertiary/aromatic N) is 5. The first-order valence-electron chi connectivity index (χ1n) is 6.60.